The molecule has 4 nitrogen and oxygen atoms in total. The second-order valence-electron chi connectivity index (χ2n) is 10.6. The molecule has 6 atom stereocenters. The van der Waals surface area contributed by atoms with Gasteiger partial charge in [-0.15, -0.1) is 0 Å². The van der Waals surface area contributed by atoms with Gasteiger partial charge in [-0.25, -0.2) is 8.93 Å². The van der Waals surface area contributed by atoms with Crippen LogP contribution < -0.4 is 4.72 Å². The van der Waals surface area contributed by atoms with Crippen LogP contribution in [0.25, 0.3) is 0 Å². The Morgan fingerprint density at radius 3 is 2.56 bits per heavy atom. The van der Waals surface area contributed by atoms with Gasteiger partial charge in [-0.2, -0.15) is 0 Å². The zero-order valence-corrected chi connectivity index (χ0v) is 23.1. The predicted molar refractivity (Wildman–Crippen MR) is 137 cm³/mol. The first-order valence-electron chi connectivity index (χ1n) is 11.8. The molecule has 2 aliphatic rings. The summed E-state index contributed by atoms with van der Waals surface area (Å²) in [6.07, 6.45) is 4.11. The zero-order chi connectivity index (χ0) is 23.9. The van der Waals surface area contributed by atoms with Crippen LogP contribution in [0, 0.1) is 17.3 Å². The number of hydrogen-bond acceptors (Lipinski definition) is 3. The highest BCUT2D eigenvalue weighted by atomic mass is 79.9. The van der Waals surface area contributed by atoms with Gasteiger partial charge in [0.2, 0.25) is 0 Å². The number of rotatable bonds is 7. The van der Waals surface area contributed by atoms with Crippen molar-refractivity contribution in [3.05, 3.63) is 46.1 Å². The van der Waals surface area contributed by atoms with Gasteiger partial charge in [0.1, 0.15) is 11.3 Å². The fourth-order valence-electron chi connectivity index (χ4n) is 6.23. The average Bonchev–Trinajstić information content (AvgIpc) is 2.96. The first-order valence-corrected chi connectivity index (χ1v) is 13.7. The zero-order valence-electron chi connectivity index (χ0n) is 20.7. The SMILES string of the molecule is C=C(OCC)[C@]1(N[S@@](=O)C(C)(C)C)c2cc(Br)ccc2C[C@@]12C[C@@H](CC)[C@H](OC)[C@@H](C)C2. The molecule has 0 heterocycles. The lowest BCUT2D eigenvalue weighted by Gasteiger charge is -2.55. The lowest BCUT2D eigenvalue weighted by Crippen LogP contribution is -2.61. The van der Waals surface area contributed by atoms with E-state index in [1.807, 2.05) is 34.8 Å². The lowest BCUT2D eigenvalue weighted by atomic mass is 9.55. The van der Waals surface area contributed by atoms with Crippen LogP contribution in [0.3, 0.4) is 0 Å². The van der Waals surface area contributed by atoms with Gasteiger partial charge in [-0.05, 0) is 82.1 Å². The standard InChI is InChI=1S/C26H40BrNO3S/c1-9-19-15-25(14-17(3)23(19)30-8)16-20-11-12-21(27)13-22(20)26(25,18(4)31-10-2)28-32(29)24(5,6)7/h11-13,17,19,23,28H,4,9-10,14-16H2,1-3,5-8H3/t17-,19+,23+,25+,26-,32-/m0/s1. The molecule has 0 amide bonds. The third kappa shape index (κ3) is 4.25. The van der Waals surface area contributed by atoms with Crippen molar-refractivity contribution in [1.29, 1.82) is 0 Å². The molecule has 1 spiro atoms. The molecule has 0 saturated heterocycles. The highest BCUT2D eigenvalue weighted by Gasteiger charge is 2.64. The van der Waals surface area contributed by atoms with E-state index in [1.165, 1.54) is 5.56 Å². The summed E-state index contributed by atoms with van der Waals surface area (Å²) in [5.41, 5.74) is 1.49. The van der Waals surface area contributed by atoms with Crippen LogP contribution in [0.2, 0.25) is 0 Å². The summed E-state index contributed by atoms with van der Waals surface area (Å²) in [6, 6.07) is 6.49. The average molecular weight is 527 g/mol. The fraction of sp³-hybridized carbons (Fsp3) is 0.692. The molecule has 0 bridgehead atoms. The molecule has 0 unspecified atom stereocenters. The van der Waals surface area contributed by atoms with Crippen molar-refractivity contribution >= 4 is 26.9 Å². The van der Waals surface area contributed by atoms with Crippen molar-refractivity contribution in [2.75, 3.05) is 13.7 Å². The van der Waals surface area contributed by atoms with Gasteiger partial charge in [0.05, 0.1) is 28.4 Å². The molecular weight excluding hydrogens is 486 g/mol. The van der Waals surface area contributed by atoms with Gasteiger partial charge in [-0.1, -0.05) is 48.8 Å². The number of halogens is 1. The first kappa shape index (κ1) is 25.9. The van der Waals surface area contributed by atoms with Crippen molar-refractivity contribution in [1.82, 2.24) is 4.72 Å². The van der Waals surface area contributed by atoms with Crippen molar-refractivity contribution in [2.24, 2.45) is 17.3 Å². The molecule has 2 aliphatic carbocycles. The van der Waals surface area contributed by atoms with Crippen LogP contribution in [0.5, 0.6) is 0 Å². The summed E-state index contributed by atoms with van der Waals surface area (Å²) in [7, 11) is 0.530. The third-order valence-electron chi connectivity index (χ3n) is 7.53. The van der Waals surface area contributed by atoms with E-state index in [9.17, 15) is 4.21 Å². The van der Waals surface area contributed by atoms with E-state index in [0.717, 1.165) is 35.7 Å². The van der Waals surface area contributed by atoms with Crippen molar-refractivity contribution in [2.45, 2.75) is 83.6 Å². The Morgan fingerprint density at radius 1 is 1.31 bits per heavy atom. The van der Waals surface area contributed by atoms with E-state index >= 15 is 0 Å². The monoisotopic (exact) mass is 525 g/mol. The maximum absolute atomic E-state index is 13.7. The van der Waals surface area contributed by atoms with Crippen LogP contribution in [0.1, 0.15) is 71.9 Å². The second-order valence-corrected chi connectivity index (χ2v) is 13.5. The summed E-state index contributed by atoms with van der Waals surface area (Å²) in [4.78, 5) is 0. The van der Waals surface area contributed by atoms with E-state index in [0.29, 0.717) is 24.2 Å². The van der Waals surface area contributed by atoms with E-state index in [4.69, 9.17) is 9.47 Å². The third-order valence-corrected chi connectivity index (χ3v) is 9.62. The fourth-order valence-corrected chi connectivity index (χ4v) is 7.61. The molecule has 6 heteroatoms. The molecule has 0 radical (unpaired) electrons. The molecular formula is C26H40BrNO3S. The molecule has 32 heavy (non-hydrogen) atoms. The molecule has 180 valence electrons. The van der Waals surface area contributed by atoms with Crippen LogP contribution in [-0.4, -0.2) is 28.8 Å². The summed E-state index contributed by atoms with van der Waals surface area (Å²) in [6.45, 7) is 17.6. The predicted octanol–water partition coefficient (Wildman–Crippen LogP) is 6.26. The van der Waals surface area contributed by atoms with Crippen LogP contribution in [0.4, 0.5) is 0 Å². The van der Waals surface area contributed by atoms with Crippen LogP contribution in [-0.2, 0) is 32.4 Å². The number of fused-ring (bicyclic) bond motifs is 1. The van der Waals surface area contributed by atoms with Gasteiger partial charge >= 0.3 is 0 Å². The van der Waals surface area contributed by atoms with Crippen LogP contribution >= 0.6 is 15.9 Å². The van der Waals surface area contributed by atoms with Crippen LogP contribution in [0.15, 0.2) is 35.0 Å². The van der Waals surface area contributed by atoms with E-state index in [-0.39, 0.29) is 11.5 Å². The van der Waals surface area contributed by atoms with Gasteiger partial charge in [0.15, 0.2) is 0 Å². The van der Waals surface area contributed by atoms with Gasteiger partial charge < -0.3 is 9.47 Å². The van der Waals surface area contributed by atoms with Crippen molar-refractivity contribution in [3.63, 3.8) is 0 Å². The highest BCUT2D eigenvalue weighted by molar-refractivity contribution is 9.10. The number of nitrogens with one attached hydrogen (secondary N) is 1. The number of hydrogen-bond donors (Lipinski definition) is 1. The van der Waals surface area contributed by atoms with E-state index < -0.39 is 21.3 Å². The Kier molecular flexibility index (Phi) is 7.71. The minimum absolute atomic E-state index is 0.196. The number of methoxy groups -OCH3 is 1. The largest absolute Gasteiger partial charge is 0.496 e. The smallest absolute Gasteiger partial charge is 0.118 e. The van der Waals surface area contributed by atoms with Gasteiger partial charge in [0.25, 0.3) is 0 Å². The Hall–Kier alpha value is -0.690. The van der Waals surface area contributed by atoms with E-state index in [1.54, 1.807) is 0 Å². The Bertz CT molecular complexity index is 882. The summed E-state index contributed by atoms with van der Waals surface area (Å²) >= 11 is 3.69. The molecule has 1 saturated carbocycles. The molecule has 0 aromatic heterocycles. The minimum Gasteiger partial charge on any atom is -0.496 e. The lowest BCUT2D eigenvalue weighted by molar-refractivity contribution is -0.0862. The summed E-state index contributed by atoms with van der Waals surface area (Å²) in [5, 5.41) is 0. The summed E-state index contributed by atoms with van der Waals surface area (Å²) < 4.78 is 30.1. The van der Waals surface area contributed by atoms with Gasteiger partial charge in [-0.3, -0.25) is 0 Å². The highest BCUT2D eigenvalue weighted by Crippen LogP contribution is 2.63. The molecule has 1 aromatic carbocycles. The normalized spacial score (nSPS) is 33.2. The first-order chi connectivity index (χ1) is 15.0. The molecule has 1 N–H and O–H groups in total. The Labute approximate surface area is 205 Å². The molecule has 3 rings (SSSR count). The minimum atomic E-state index is -1.30. The second kappa shape index (κ2) is 9.52. The quantitative estimate of drug-likeness (QED) is 0.427. The Morgan fingerprint density at radius 2 is 2.00 bits per heavy atom. The topological polar surface area (TPSA) is 47.6 Å². The molecule has 1 fully saturated rings. The summed E-state index contributed by atoms with van der Waals surface area (Å²) in [5.74, 6) is 1.46. The number of benzene rings is 1. The maximum atomic E-state index is 13.7. The number of ether oxygens (including phenoxy) is 2. The van der Waals surface area contributed by atoms with Crippen molar-refractivity contribution in [3.8, 4) is 0 Å². The van der Waals surface area contributed by atoms with E-state index in [2.05, 4.69) is 59.3 Å². The molecule has 0 aliphatic heterocycles. The molecule has 1 aromatic rings. The maximum Gasteiger partial charge on any atom is 0.118 e. The Balaban J connectivity index is 2.27. The van der Waals surface area contributed by atoms with Crippen molar-refractivity contribution < 1.29 is 13.7 Å². The van der Waals surface area contributed by atoms with Gasteiger partial charge in [0, 0.05) is 17.0 Å².